The number of hydrogen-bond donors (Lipinski definition) is 1. The van der Waals surface area contributed by atoms with Gasteiger partial charge in [-0.2, -0.15) is 5.10 Å². The topological polar surface area (TPSA) is 64.1 Å². The molecule has 72 valence electrons. The van der Waals surface area contributed by atoms with Crippen molar-refractivity contribution in [2.24, 2.45) is 4.40 Å². The van der Waals surface area contributed by atoms with Gasteiger partial charge in [0.2, 0.25) is 0 Å². The van der Waals surface area contributed by atoms with E-state index in [0.29, 0.717) is 0 Å². The molecule has 0 amide bonds. The maximum absolute atomic E-state index is 11.4. The van der Waals surface area contributed by atoms with Gasteiger partial charge in [-0.25, -0.2) is 0 Å². The van der Waals surface area contributed by atoms with E-state index in [1.807, 2.05) is 20.8 Å². The molecular formula is C8H13N3OS. The van der Waals surface area contributed by atoms with E-state index < -0.39 is 11.4 Å². The molecule has 1 aromatic rings. The lowest BCUT2D eigenvalue weighted by molar-refractivity contribution is 0.562. The summed E-state index contributed by atoms with van der Waals surface area (Å²) in [6, 6.07) is 0. The van der Waals surface area contributed by atoms with Crippen LogP contribution >= 0.6 is 0 Å². The van der Waals surface area contributed by atoms with Gasteiger partial charge >= 0.3 is 0 Å². The van der Waals surface area contributed by atoms with Crippen LogP contribution in [0.5, 0.6) is 0 Å². The van der Waals surface area contributed by atoms with Gasteiger partial charge in [-0.1, -0.05) is 4.40 Å². The molecule has 0 saturated heterocycles. The normalized spacial score (nSPS) is 15.1. The minimum atomic E-state index is -1.19. The largest absolute Gasteiger partial charge is 0.591 e. The highest BCUT2D eigenvalue weighted by molar-refractivity contribution is 7.91. The van der Waals surface area contributed by atoms with Crippen LogP contribution in [0.25, 0.3) is 0 Å². The fourth-order valence-electron chi connectivity index (χ4n) is 0.598. The number of hydrogen-bond acceptors (Lipinski definition) is 3. The Morgan fingerprint density at radius 2 is 2.31 bits per heavy atom. The maximum atomic E-state index is 11.4. The predicted octanol–water partition coefficient (Wildman–Crippen LogP) is 1.29. The molecule has 1 unspecified atom stereocenters. The third-order valence-corrected chi connectivity index (χ3v) is 2.69. The fourth-order valence-corrected chi connectivity index (χ4v) is 1.13. The third-order valence-electron chi connectivity index (χ3n) is 1.34. The molecule has 0 spiro atoms. The summed E-state index contributed by atoms with van der Waals surface area (Å²) in [5.41, 5.74) is 0.831. The Bertz CT molecular complexity index is 276. The third kappa shape index (κ3) is 3.20. The molecule has 0 radical (unpaired) electrons. The fraction of sp³-hybridized carbons (Fsp3) is 0.500. The van der Waals surface area contributed by atoms with Crippen molar-refractivity contribution in [3.05, 3.63) is 18.0 Å². The first kappa shape index (κ1) is 10.3. The van der Waals surface area contributed by atoms with Crippen molar-refractivity contribution in [3.8, 4) is 0 Å². The zero-order valence-corrected chi connectivity index (χ0v) is 8.76. The van der Waals surface area contributed by atoms with Gasteiger partial charge in [-0.05, 0) is 20.8 Å². The summed E-state index contributed by atoms with van der Waals surface area (Å²) in [6.45, 7) is 5.65. The standard InChI is InChI=1S/C8H13N3OS/c1-8(2,3)13(12)11-6-7-4-9-10-5-7/h4-6H,1-3H3,(H,9,10)/b11-6-. The second kappa shape index (κ2) is 3.93. The van der Waals surface area contributed by atoms with Gasteiger partial charge in [0.15, 0.2) is 0 Å². The van der Waals surface area contributed by atoms with Crippen LogP contribution in [-0.2, 0) is 11.4 Å². The van der Waals surface area contributed by atoms with Gasteiger partial charge in [0.05, 0.1) is 12.4 Å². The molecule has 0 aliphatic carbocycles. The molecule has 1 heterocycles. The van der Waals surface area contributed by atoms with Crippen molar-refractivity contribution in [1.82, 2.24) is 10.2 Å². The molecule has 4 nitrogen and oxygen atoms in total. The summed E-state index contributed by atoms with van der Waals surface area (Å²) in [5.74, 6) is 0. The highest BCUT2D eigenvalue weighted by atomic mass is 32.2. The second-order valence-electron chi connectivity index (χ2n) is 3.63. The van der Waals surface area contributed by atoms with Gasteiger partial charge in [0.1, 0.15) is 16.1 Å². The molecule has 1 atom stereocenters. The Labute approximate surface area is 80.8 Å². The minimum absolute atomic E-state index is 0.305. The smallest absolute Gasteiger partial charge is 0.144 e. The zero-order chi connectivity index (χ0) is 9.90. The minimum Gasteiger partial charge on any atom is -0.591 e. The average Bonchev–Trinajstić information content (AvgIpc) is 2.50. The van der Waals surface area contributed by atoms with Crippen LogP contribution < -0.4 is 0 Å². The predicted molar refractivity (Wildman–Crippen MR) is 54.1 cm³/mol. The van der Waals surface area contributed by atoms with Crippen molar-refractivity contribution < 1.29 is 4.55 Å². The van der Waals surface area contributed by atoms with Crippen LogP contribution in [0.4, 0.5) is 0 Å². The number of aromatic amines is 1. The van der Waals surface area contributed by atoms with E-state index in [4.69, 9.17) is 0 Å². The van der Waals surface area contributed by atoms with Crippen LogP contribution in [0.2, 0.25) is 0 Å². The van der Waals surface area contributed by atoms with Crippen LogP contribution in [0.15, 0.2) is 16.8 Å². The lowest BCUT2D eigenvalue weighted by Crippen LogP contribution is -2.25. The van der Waals surface area contributed by atoms with Gasteiger partial charge in [-0.3, -0.25) is 5.10 Å². The lowest BCUT2D eigenvalue weighted by Gasteiger charge is -2.17. The van der Waals surface area contributed by atoms with Crippen molar-refractivity contribution in [1.29, 1.82) is 0 Å². The molecule has 1 aromatic heterocycles. The monoisotopic (exact) mass is 199 g/mol. The van der Waals surface area contributed by atoms with Crippen molar-refractivity contribution in [3.63, 3.8) is 0 Å². The Hall–Kier alpha value is -0.810. The molecule has 5 heteroatoms. The molecule has 13 heavy (non-hydrogen) atoms. The Morgan fingerprint density at radius 1 is 1.62 bits per heavy atom. The molecule has 0 aliphatic heterocycles. The highest BCUT2D eigenvalue weighted by Crippen LogP contribution is 2.16. The number of aromatic nitrogens is 2. The number of nitrogens with one attached hydrogen (secondary N) is 1. The zero-order valence-electron chi connectivity index (χ0n) is 7.94. The van der Waals surface area contributed by atoms with E-state index in [9.17, 15) is 4.55 Å². The van der Waals surface area contributed by atoms with Crippen LogP contribution in [0, 0.1) is 0 Å². The summed E-state index contributed by atoms with van der Waals surface area (Å²) in [6.07, 6.45) is 4.89. The molecule has 0 bridgehead atoms. The maximum Gasteiger partial charge on any atom is 0.144 e. The van der Waals surface area contributed by atoms with Gasteiger partial charge in [-0.15, -0.1) is 0 Å². The number of rotatable bonds is 2. The quantitative estimate of drug-likeness (QED) is 0.576. The summed E-state index contributed by atoms with van der Waals surface area (Å²) >= 11 is -1.19. The van der Waals surface area contributed by atoms with E-state index in [0.717, 1.165) is 5.56 Å². The Balaban J connectivity index is 2.59. The van der Waals surface area contributed by atoms with Crippen LogP contribution in [0.1, 0.15) is 26.3 Å². The van der Waals surface area contributed by atoms with Crippen molar-refractivity contribution >= 4 is 17.6 Å². The first-order valence-electron chi connectivity index (χ1n) is 3.95. The summed E-state index contributed by atoms with van der Waals surface area (Å²) < 4.78 is 15.1. The van der Waals surface area contributed by atoms with E-state index in [-0.39, 0.29) is 4.75 Å². The van der Waals surface area contributed by atoms with Gasteiger partial charge in [0, 0.05) is 11.8 Å². The van der Waals surface area contributed by atoms with Crippen LogP contribution in [0.3, 0.4) is 0 Å². The summed E-state index contributed by atoms with van der Waals surface area (Å²) in [7, 11) is 0. The first-order chi connectivity index (χ1) is 6.00. The highest BCUT2D eigenvalue weighted by Gasteiger charge is 2.25. The van der Waals surface area contributed by atoms with E-state index in [2.05, 4.69) is 14.6 Å². The Morgan fingerprint density at radius 3 is 2.77 bits per heavy atom. The van der Waals surface area contributed by atoms with Crippen molar-refractivity contribution in [2.45, 2.75) is 25.5 Å². The van der Waals surface area contributed by atoms with E-state index in [1.54, 1.807) is 18.6 Å². The van der Waals surface area contributed by atoms with Crippen LogP contribution in [-0.4, -0.2) is 25.7 Å². The van der Waals surface area contributed by atoms with Gasteiger partial charge < -0.3 is 4.55 Å². The van der Waals surface area contributed by atoms with Gasteiger partial charge in [0.25, 0.3) is 0 Å². The van der Waals surface area contributed by atoms with Crippen molar-refractivity contribution in [2.75, 3.05) is 0 Å². The Kier molecular flexibility index (Phi) is 3.11. The SMILES string of the molecule is CC(C)(C)[S+]([O-])/N=C\c1cn[nH]c1. The first-order valence-corrected chi connectivity index (χ1v) is 5.05. The molecule has 0 fully saturated rings. The van der Waals surface area contributed by atoms with E-state index in [1.165, 1.54) is 0 Å². The average molecular weight is 199 g/mol. The lowest BCUT2D eigenvalue weighted by atomic mass is 10.3. The summed E-state index contributed by atoms with van der Waals surface area (Å²) in [5, 5.41) is 6.40. The molecule has 1 rings (SSSR count). The number of nitrogens with zero attached hydrogens (tertiary/aromatic N) is 2. The molecule has 0 aromatic carbocycles. The molecular weight excluding hydrogens is 186 g/mol. The molecule has 1 N–H and O–H groups in total. The molecule has 0 saturated carbocycles. The summed E-state index contributed by atoms with van der Waals surface area (Å²) in [4.78, 5) is 0. The molecule has 0 aliphatic rings. The van der Waals surface area contributed by atoms with E-state index >= 15 is 0 Å². The second-order valence-corrected chi connectivity index (χ2v) is 5.56. The number of H-pyrrole nitrogens is 1.